The molecule has 0 bridgehead atoms. The number of esters is 1. The van der Waals surface area contributed by atoms with Gasteiger partial charge in [0.05, 0.1) is 19.6 Å². The fourth-order valence-electron chi connectivity index (χ4n) is 2.40. The Labute approximate surface area is 151 Å². The maximum Gasteiger partial charge on any atom is 0.308 e. The van der Waals surface area contributed by atoms with Crippen molar-refractivity contribution >= 4 is 35.9 Å². The number of hydrogen-bond donors (Lipinski definition) is 1. The highest BCUT2D eigenvalue weighted by molar-refractivity contribution is 14.0. The van der Waals surface area contributed by atoms with E-state index in [-0.39, 0.29) is 35.9 Å². The lowest BCUT2D eigenvalue weighted by Crippen LogP contribution is -2.47. The van der Waals surface area contributed by atoms with Crippen LogP contribution in [0.4, 0.5) is 0 Å². The molecular weight excluding hydrogens is 395 g/mol. The molecule has 22 heavy (non-hydrogen) atoms. The van der Waals surface area contributed by atoms with Crippen LogP contribution in [0, 0.1) is 5.92 Å². The topological polar surface area (TPSA) is 57.2 Å². The molecule has 130 valence electrons. The molecule has 1 aliphatic heterocycles. The summed E-state index contributed by atoms with van der Waals surface area (Å²) in [6.45, 7) is 9.59. The largest absolute Gasteiger partial charge is 0.469 e. The van der Waals surface area contributed by atoms with E-state index in [1.54, 1.807) is 0 Å². The molecule has 6 nitrogen and oxygen atoms in total. The summed E-state index contributed by atoms with van der Waals surface area (Å²) in [7, 11) is 3.56. The maximum absolute atomic E-state index is 11.6. The van der Waals surface area contributed by atoms with Gasteiger partial charge >= 0.3 is 5.97 Å². The van der Waals surface area contributed by atoms with Crippen LogP contribution in [0.2, 0.25) is 0 Å². The molecule has 0 amide bonds. The van der Waals surface area contributed by atoms with E-state index in [0.717, 1.165) is 58.1 Å². The average molecular weight is 426 g/mol. The molecule has 0 spiro atoms. The first kappa shape index (κ1) is 21.4. The molecular formula is C15H31IN4O2. The van der Waals surface area contributed by atoms with E-state index in [0.29, 0.717) is 0 Å². The molecule has 1 aliphatic rings. The number of hydrogen-bond acceptors (Lipinski definition) is 4. The van der Waals surface area contributed by atoms with Crippen LogP contribution < -0.4 is 5.32 Å². The van der Waals surface area contributed by atoms with Crippen molar-refractivity contribution in [3.63, 3.8) is 0 Å². The third-order valence-corrected chi connectivity index (χ3v) is 3.95. The van der Waals surface area contributed by atoms with Crippen molar-refractivity contribution in [2.45, 2.75) is 26.7 Å². The third-order valence-electron chi connectivity index (χ3n) is 3.95. The van der Waals surface area contributed by atoms with Crippen LogP contribution >= 0.6 is 24.0 Å². The Morgan fingerprint density at radius 1 is 1.36 bits per heavy atom. The summed E-state index contributed by atoms with van der Waals surface area (Å²) in [5.74, 6) is 0.923. The second-order valence-corrected chi connectivity index (χ2v) is 5.42. The van der Waals surface area contributed by atoms with Gasteiger partial charge in [0.1, 0.15) is 0 Å². The molecule has 0 atom stereocenters. The zero-order chi connectivity index (χ0) is 15.7. The normalized spacial score (nSPS) is 16.4. The number of guanidine groups is 1. The predicted molar refractivity (Wildman–Crippen MR) is 101 cm³/mol. The fraction of sp³-hybridized carbons (Fsp3) is 0.867. The van der Waals surface area contributed by atoms with Crippen LogP contribution in [-0.2, 0) is 9.53 Å². The van der Waals surface area contributed by atoms with E-state index < -0.39 is 0 Å². The molecule has 1 N–H and O–H groups in total. The standard InChI is InChI=1S/C15H30N4O2.HI/c1-5-16-15(17-9-12-18(3)6-2)19-10-7-13(8-11-19)14(20)21-4;/h13H,5-12H2,1-4H3,(H,16,17);1H. The van der Waals surface area contributed by atoms with Gasteiger partial charge in [-0.3, -0.25) is 9.79 Å². The first-order valence-electron chi connectivity index (χ1n) is 7.92. The Bertz CT molecular complexity index is 344. The summed E-state index contributed by atoms with van der Waals surface area (Å²) in [6.07, 6.45) is 1.68. The number of nitrogens with one attached hydrogen (secondary N) is 1. The number of nitrogens with zero attached hydrogens (tertiary/aromatic N) is 3. The van der Waals surface area contributed by atoms with Crippen molar-refractivity contribution in [1.29, 1.82) is 0 Å². The number of likely N-dealkylation sites (tertiary alicyclic amines) is 1. The number of methoxy groups -OCH3 is 1. The quantitative estimate of drug-likeness (QED) is 0.301. The van der Waals surface area contributed by atoms with E-state index in [2.05, 4.69) is 41.0 Å². The molecule has 0 aromatic carbocycles. The van der Waals surface area contributed by atoms with Gasteiger partial charge in [0.15, 0.2) is 5.96 Å². The van der Waals surface area contributed by atoms with Crippen LogP contribution in [-0.4, -0.2) is 75.2 Å². The van der Waals surface area contributed by atoms with Crippen molar-refractivity contribution in [3.8, 4) is 0 Å². The Morgan fingerprint density at radius 3 is 2.50 bits per heavy atom. The molecule has 1 fully saturated rings. The maximum atomic E-state index is 11.6. The van der Waals surface area contributed by atoms with Gasteiger partial charge < -0.3 is 19.9 Å². The first-order chi connectivity index (χ1) is 10.1. The number of carbonyl (C=O) groups is 1. The second-order valence-electron chi connectivity index (χ2n) is 5.42. The van der Waals surface area contributed by atoms with Crippen molar-refractivity contribution in [2.75, 3.05) is 53.4 Å². The van der Waals surface area contributed by atoms with E-state index >= 15 is 0 Å². The molecule has 1 saturated heterocycles. The number of halogens is 1. The first-order valence-corrected chi connectivity index (χ1v) is 7.92. The van der Waals surface area contributed by atoms with Gasteiger partial charge in [0.25, 0.3) is 0 Å². The predicted octanol–water partition coefficient (Wildman–Crippen LogP) is 1.41. The zero-order valence-electron chi connectivity index (χ0n) is 14.3. The molecule has 0 saturated carbocycles. The highest BCUT2D eigenvalue weighted by Crippen LogP contribution is 2.18. The van der Waals surface area contributed by atoms with Crippen molar-refractivity contribution in [1.82, 2.24) is 15.1 Å². The van der Waals surface area contributed by atoms with Gasteiger partial charge in [-0.15, -0.1) is 24.0 Å². The van der Waals surface area contributed by atoms with Gasteiger partial charge in [-0.2, -0.15) is 0 Å². The Balaban J connectivity index is 0.00000441. The fourth-order valence-corrected chi connectivity index (χ4v) is 2.40. The van der Waals surface area contributed by atoms with Gasteiger partial charge in [-0.05, 0) is 33.4 Å². The Morgan fingerprint density at radius 2 is 2.00 bits per heavy atom. The smallest absolute Gasteiger partial charge is 0.308 e. The molecule has 0 unspecified atom stereocenters. The lowest BCUT2D eigenvalue weighted by atomic mass is 9.97. The molecule has 0 aliphatic carbocycles. The van der Waals surface area contributed by atoms with Crippen molar-refractivity contribution in [2.24, 2.45) is 10.9 Å². The van der Waals surface area contributed by atoms with Crippen molar-refractivity contribution < 1.29 is 9.53 Å². The summed E-state index contributed by atoms with van der Waals surface area (Å²) in [4.78, 5) is 20.7. The monoisotopic (exact) mass is 426 g/mol. The molecule has 1 heterocycles. The van der Waals surface area contributed by atoms with Gasteiger partial charge in [-0.1, -0.05) is 6.92 Å². The Hall–Kier alpha value is -0.570. The van der Waals surface area contributed by atoms with Gasteiger partial charge in [0, 0.05) is 26.2 Å². The molecule has 7 heteroatoms. The number of likely N-dealkylation sites (N-methyl/N-ethyl adjacent to an activating group) is 1. The number of rotatable bonds is 6. The van der Waals surface area contributed by atoms with E-state index in [9.17, 15) is 4.79 Å². The number of carbonyl (C=O) groups excluding carboxylic acids is 1. The molecule has 1 rings (SSSR count). The van der Waals surface area contributed by atoms with Crippen LogP contribution in [0.25, 0.3) is 0 Å². The lowest BCUT2D eigenvalue weighted by molar-refractivity contribution is -0.146. The van der Waals surface area contributed by atoms with Crippen LogP contribution in [0.15, 0.2) is 4.99 Å². The summed E-state index contributed by atoms with van der Waals surface area (Å²) in [5.41, 5.74) is 0. The van der Waals surface area contributed by atoms with Gasteiger partial charge in [-0.25, -0.2) is 0 Å². The minimum Gasteiger partial charge on any atom is -0.469 e. The number of piperidine rings is 1. The minimum absolute atomic E-state index is 0. The summed E-state index contributed by atoms with van der Waals surface area (Å²) in [6, 6.07) is 0. The third kappa shape index (κ3) is 7.13. The SMILES string of the molecule is CCNC(=NCCN(C)CC)N1CCC(C(=O)OC)CC1.I. The molecule has 0 aromatic rings. The van der Waals surface area contributed by atoms with E-state index in [1.807, 2.05) is 0 Å². The summed E-state index contributed by atoms with van der Waals surface area (Å²) >= 11 is 0. The number of ether oxygens (including phenoxy) is 1. The molecule has 0 radical (unpaired) electrons. The average Bonchev–Trinajstić information content (AvgIpc) is 2.53. The highest BCUT2D eigenvalue weighted by atomic mass is 127. The minimum atomic E-state index is -0.0823. The number of aliphatic imine (C=N–C) groups is 1. The highest BCUT2D eigenvalue weighted by Gasteiger charge is 2.26. The molecule has 0 aromatic heterocycles. The van der Waals surface area contributed by atoms with E-state index in [1.165, 1.54) is 7.11 Å². The van der Waals surface area contributed by atoms with Crippen LogP contribution in [0.1, 0.15) is 26.7 Å². The second kappa shape index (κ2) is 11.9. The van der Waals surface area contributed by atoms with Crippen LogP contribution in [0.5, 0.6) is 0 Å². The summed E-state index contributed by atoms with van der Waals surface area (Å²) in [5, 5.41) is 3.34. The Kier molecular flexibility index (Phi) is 11.6. The lowest BCUT2D eigenvalue weighted by Gasteiger charge is -2.33. The zero-order valence-corrected chi connectivity index (χ0v) is 16.6. The van der Waals surface area contributed by atoms with E-state index in [4.69, 9.17) is 4.74 Å². The van der Waals surface area contributed by atoms with Crippen LogP contribution in [0.3, 0.4) is 0 Å². The summed E-state index contributed by atoms with van der Waals surface area (Å²) < 4.78 is 4.83. The van der Waals surface area contributed by atoms with Gasteiger partial charge in [0.2, 0.25) is 0 Å². The van der Waals surface area contributed by atoms with Crippen molar-refractivity contribution in [3.05, 3.63) is 0 Å².